The van der Waals surface area contributed by atoms with Crippen LogP contribution in [0.25, 0.3) is 0 Å². The van der Waals surface area contributed by atoms with E-state index in [1.165, 1.54) is 0 Å². The van der Waals surface area contributed by atoms with E-state index in [0.29, 0.717) is 18.4 Å². The SMILES string of the molecule is Cc1cccc(C(=O)C2CC3CCC(C2)N3C(=O)OC(C)(C)C)c1F. The summed E-state index contributed by atoms with van der Waals surface area (Å²) < 4.78 is 19.8. The fourth-order valence-corrected chi connectivity index (χ4v) is 4.06. The topological polar surface area (TPSA) is 46.6 Å². The summed E-state index contributed by atoms with van der Waals surface area (Å²) in [5.41, 5.74) is 0.128. The molecule has 2 bridgehead atoms. The third-order valence-electron chi connectivity index (χ3n) is 5.17. The van der Waals surface area contributed by atoms with Gasteiger partial charge in [-0.05, 0) is 65.0 Å². The third kappa shape index (κ3) is 3.55. The minimum absolute atomic E-state index is 0.00965. The number of amides is 1. The van der Waals surface area contributed by atoms with Gasteiger partial charge in [0, 0.05) is 18.0 Å². The average molecular weight is 347 g/mol. The van der Waals surface area contributed by atoms with E-state index in [-0.39, 0.29) is 35.4 Å². The second kappa shape index (κ2) is 6.43. The molecule has 2 heterocycles. The Labute approximate surface area is 148 Å². The number of ether oxygens (including phenoxy) is 1. The van der Waals surface area contributed by atoms with Gasteiger partial charge in [0.05, 0.1) is 5.56 Å². The molecule has 25 heavy (non-hydrogen) atoms. The smallest absolute Gasteiger partial charge is 0.410 e. The van der Waals surface area contributed by atoms with Crippen LogP contribution in [0.4, 0.5) is 9.18 Å². The summed E-state index contributed by atoms with van der Waals surface area (Å²) >= 11 is 0. The lowest BCUT2D eigenvalue weighted by molar-refractivity contribution is 0.00250. The van der Waals surface area contributed by atoms with Crippen LogP contribution in [0, 0.1) is 18.7 Å². The number of hydrogen-bond donors (Lipinski definition) is 0. The molecule has 3 rings (SSSR count). The molecule has 1 aromatic rings. The summed E-state index contributed by atoms with van der Waals surface area (Å²) in [5.74, 6) is -0.788. The number of ketones is 1. The van der Waals surface area contributed by atoms with E-state index in [2.05, 4.69) is 0 Å². The van der Waals surface area contributed by atoms with Gasteiger partial charge in [0.25, 0.3) is 0 Å². The van der Waals surface area contributed by atoms with Gasteiger partial charge in [-0.15, -0.1) is 0 Å². The molecule has 2 fully saturated rings. The maximum absolute atomic E-state index is 14.3. The van der Waals surface area contributed by atoms with Crippen molar-refractivity contribution < 1.29 is 18.7 Å². The van der Waals surface area contributed by atoms with Crippen LogP contribution < -0.4 is 0 Å². The number of benzene rings is 1. The molecule has 1 amide bonds. The number of aryl methyl sites for hydroxylation is 1. The van der Waals surface area contributed by atoms with Gasteiger partial charge in [0.2, 0.25) is 0 Å². The molecular weight excluding hydrogens is 321 g/mol. The van der Waals surface area contributed by atoms with E-state index in [1.54, 1.807) is 25.1 Å². The zero-order valence-electron chi connectivity index (χ0n) is 15.3. The number of carbonyl (C=O) groups is 2. The Hall–Kier alpha value is -1.91. The number of halogens is 1. The van der Waals surface area contributed by atoms with Crippen molar-refractivity contribution in [3.63, 3.8) is 0 Å². The first-order valence-corrected chi connectivity index (χ1v) is 8.98. The van der Waals surface area contributed by atoms with Crippen molar-refractivity contribution in [2.75, 3.05) is 0 Å². The summed E-state index contributed by atoms with van der Waals surface area (Å²) in [4.78, 5) is 27.1. The molecule has 136 valence electrons. The second-order valence-corrected chi connectivity index (χ2v) is 8.24. The molecule has 0 spiro atoms. The van der Waals surface area contributed by atoms with Gasteiger partial charge in [0.15, 0.2) is 5.78 Å². The fraction of sp³-hybridized carbons (Fsp3) is 0.600. The van der Waals surface area contributed by atoms with E-state index in [9.17, 15) is 14.0 Å². The van der Waals surface area contributed by atoms with E-state index in [4.69, 9.17) is 4.74 Å². The average Bonchev–Trinajstić information content (AvgIpc) is 2.78. The molecule has 1 aromatic carbocycles. The molecule has 2 saturated heterocycles. The molecule has 0 radical (unpaired) electrons. The first kappa shape index (κ1) is 17.9. The van der Waals surface area contributed by atoms with Crippen LogP contribution >= 0.6 is 0 Å². The summed E-state index contributed by atoms with van der Waals surface area (Å²) in [7, 11) is 0. The van der Waals surface area contributed by atoms with Gasteiger partial charge in [-0.3, -0.25) is 4.79 Å². The Balaban J connectivity index is 1.74. The highest BCUT2D eigenvalue weighted by Gasteiger charge is 2.46. The Kier molecular flexibility index (Phi) is 4.60. The highest BCUT2D eigenvalue weighted by atomic mass is 19.1. The van der Waals surface area contributed by atoms with Crippen LogP contribution in [0.15, 0.2) is 18.2 Å². The normalized spacial score (nSPS) is 25.8. The van der Waals surface area contributed by atoms with Gasteiger partial charge in [-0.1, -0.05) is 12.1 Å². The molecule has 0 aromatic heterocycles. The number of fused-ring (bicyclic) bond motifs is 2. The van der Waals surface area contributed by atoms with E-state index >= 15 is 0 Å². The number of hydrogen-bond acceptors (Lipinski definition) is 3. The minimum atomic E-state index is -0.534. The largest absolute Gasteiger partial charge is 0.444 e. The first-order valence-electron chi connectivity index (χ1n) is 8.98. The maximum atomic E-state index is 14.3. The summed E-state index contributed by atoms with van der Waals surface area (Å²) in [5, 5.41) is 0. The molecule has 2 aliphatic heterocycles. The fourth-order valence-electron chi connectivity index (χ4n) is 4.06. The van der Waals surface area contributed by atoms with Gasteiger partial charge in [0.1, 0.15) is 11.4 Å². The first-order chi connectivity index (χ1) is 11.7. The van der Waals surface area contributed by atoms with Crippen LogP contribution in [0.3, 0.4) is 0 Å². The maximum Gasteiger partial charge on any atom is 0.410 e. The van der Waals surface area contributed by atoms with Crippen molar-refractivity contribution >= 4 is 11.9 Å². The Bertz CT molecular complexity index is 681. The van der Waals surface area contributed by atoms with Gasteiger partial charge >= 0.3 is 6.09 Å². The van der Waals surface area contributed by atoms with Crippen LogP contribution in [0.2, 0.25) is 0 Å². The molecule has 0 saturated carbocycles. The number of piperidine rings is 1. The number of Topliss-reactive ketones (excluding diaryl/α,β-unsaturated/α-hetero) is 1. The number of carbonyl (C=O) groups excluding carboxylic acids is 2. The molecule has 5 heteroatoms. The van der Waals surface area contributed by atoms with Crippen LogP contribution in [0.5, 0.6) is 0 Å². The monoisotopic (exact) mass is 347 g/mol. The minimum Gasteiger partial charge on any atom is -0.444 e. The van der Waals surface area contributed by atoms with Crippen LogP contribution in [0.1, 0.15) is 62.4 Å². The zero-order chi connectivity index (χ0) is 18.4. The van der Waals surface area contributed by atoms with E-state index < -0.39 is 11.4 Å². The zero-order valence-corrected chi connectivity index (χ0v) is 15.3. The van der Waals surface area contributed by atoms with Crippen LogP contribution in [-0.4, -0.2) is 34.5 Å². The standard InChI is InChI=1S/C20H26FNO3/c1-12-6-5-7-16(17(12)21)18(23)13-10-14-8-9-15(11-13)22(14)19(24)25-20(2,3)4/h5-7,13-15H,8-11H2,1-4H3. The number of rotatable bonds is 2. The second-order valence-electron chi connectivity index (χ2n) is 8.24. The summed E-state index contributed by atoms with van der Waals surface area (Å²) in [6.07, 6.45) is 2.63. The van der Waals surface area contributed by atoms with Crippen molar-refractivity contribution in [2.45, 2.75) is 71.1 Å². The van der Waals surface area contributed by atoms with Crippen molar-refractivity contribution in [3.8, 4) is 0 Å². The molecule has 2 atom stereocenters. The number of nitrogens with zero attached hydrogens (tertiary/aromatic N) is 1. The lowest BCUT2D eigenvalue weighted by atomic mass is 9.84. The van der Waals surface area contributed by atoms with Crippen LogP contribution in [-0.2, 0) is 4.74 Å². The molecule has 2 aliphatic rings. The van der Waals surface area contributed by atoms with Gasteiger partial charge in [-0.25, -0.2) is 9.18 Å². The molecule has 0 N–H and O–H groups in total. The molecular formula is C20H26FNO3. The quantitative estimate of drug-likeness (QED) is 0.740. The molecule has 2 unspecified atom stereocenters. The van der Waals surface area contributed by atoms with Crippen molar-refractivity contribution in [3.05, 3.63) is 35.1 Å². The van der Waals surface area contributed by atoms with Crippen molar-refractivity contribution in [1.29, 1.82) is 0 Å². The Morgan fingerprint density at radius 2 is 1.76 bits per heavy atom. The summed E-state index contributed by atoms with van der Waals surface area (Å²) in [6.45, 7) is 7.22. The van der Waals surface area contributed by atoms with E-state index in [0.717, 1.165) is 12.8 Å². The lowest BCUT2D eigenvalue weighted by Crippen LogP contribution is -2.49. The highest BCUT2D eigenvalue weighted by Crippen LogP contribution is 2.40. The molecule has 4 nitrogen and oxygen atoms in total. The third-order valence-corrected chi connectivity index (χ3v) is 5.17. The van der Waals surface area contributed by atoms with Crippen molar-refractivity contribution in [1.82, 2.24) is 4.90 Å². The predicted octanol–water partition coefficient (Wildman–Crippen LogP) is 4.49. The Morgan fingerprint density at radius 1 is 1.16 bits per heavy atom. The van der Waals surface area contributed by atoms with Crippen molar-refractivity contribution in [2.24, 2.45) is 5.92 Å². The van der Waals surface area contributed by atoms with E-state index in [1.807, 2.05) is 25.7 Å². The predicted molar refractivity (Wildman–Crippen MR) is 93.1 cm³/mol. The Morgan fingerprint density at radius 3 is 2.32 bits per heavy atom. The summed E-state index contributed by atoms with van der Waals surface area (Å²) in [6, 6.07) is 4.97. The highest BCUT2D eigenvalue weighted by molar-refractivity contribution is 5.98. The lowest BCUT2D eigenvalue weighted by Gasteiger charge is -2.39. The van der Waals surface area contributed by atoms with Gasteiger partial charge in [-0.2, -0.15) is 0 Å². The van der Waals surface area contributed by atoms with Gasteiger partial charge < -0.3 is 9.64 Å². The molecule has 0 aliphatic carbocycles.